The summed E-state index contributed by atoms with van der Waals surface area (Å²) < 4.78 is 35.7. The summed E-state index contributed by atoms with van der Waals surface area (Å²) in [5.41, 5.74) is 1.56. The van der Waals surface area contributed by atoms with E-state index in [0.29, 0.717) is 29.8 Å². The third-order valence-electron chi connectivity index (χ3n) is 4.10. The van der Waals surface area contributed by atoms with Crippen LogP contribution in [0.3, 0.4) is 0 Å². The van der Waals surface area contributed by atoms with Crippen molar-refractivity contribution in [2.24, 2.45) is 5.41 Å². The second-order valence-corrected chi connectivity index (χ2v) is 8.17. The molecule has 1 amide bonds. The van der Waals surface area contributed by atoms with E-state index in [4.69, 9.17) is 0 Å². The third-order valence-corrected chi connectivity index (χ3v) is 6.21. The number of carbonyl (C=O) groups excluding carboxylic acids is 1. The average molecular weight is 297 g/mol. The summed E-state index contributed by atoms with van der Waals surface area (Å²) in [5, 5.41) is 0. The molecule has 2 saturated heterocycles. The van der Waals surface area contributed by atoms with Crippen molar-refractivity contribution < 1.29 is 17.6 Å². The first kappa shape index (κ1) is 13.5. The van der Waals surface area contributed by atoms with Crippen molar-refractivity contribution >= 4 is 15.7 Å². The number of sulfone groups is 1. The smallest absolute Gasteiger partial charge is 0.254 e. The first-order valence-electron chi connectivity index (χ1n) is 6.48. The minimum Gasteiger partial charge on any atom is -0.337 e. The third kappa shape index (κ3) is 2.02. The monoisotopic (exact) mass is 297 g/mol. The molecular formula is C14H16FNO3S. The van der Waals surface area contributed by atoms with Gasteiger partial charge < -0.3 is 4.90 Å². The van der Waals surface area contributed by atoms with Crippen LogP contribution in [0.25, 0.3) is 0 Å². The number of hydrogen-bond donors (Lipinski definition) is 0. The van der Waals surface area contributed by atoms with Gasteiger partial charge >= 0.3 is 0 Å². The van der Waals surface area contributed by atoms with Crippen molar-refractivity contribution in [3.63, 3.8) is 0 Å². The molecular weight excluding hydrogens is 281 g/mol. The van der Waals surface area contributed by atoms with E-state index in [-0.39, 0.29) is 28.6 Å². The molecule has 0 aliphatic carbocycles. The summed E-state index contributed by atoms with van der Waals surface area (Å²) >= 11 is 0. The van der Waals surface area contributed by atoms with E-state index in [1.54, 1.807) is 18.7 Å². The molecule has 2 aliphatic heterocycles. The van der Waals surface area contributed by atoms with Crippen LogP contribution in [-0.4, -0.2) is 43.8 Å². The largest absolute Gasteiger partial charge is 0.337 e. The molecule has 0 unspecified atom stereocenters. The van der Waals surface area contributed by atoms with E-state index in [1.165, 1.54) is 12.1 Å². The number of rotatable bonds is 1. The fourth-order valence-electron chi connectivity index (χ4n) is 3.39. The Morgan fingerprint density at radius 1 is 1.20 bits per heavy atom. The van der Waals surface area contributed by atoms with E-state index >= 15 is 0 Å². The Morgan fingerprint density at radius 3 is 2.15 bits per heavy atom. The molecule has 6 heteroatoms. The SMILES string of the molecule is Cc1cc(F)cc(C)c1C(=O)N1CC2(C1)CS(=O)(=O)C2. The van der Waals surface area contributed by atoms with E-state index in [0.717, 1.165) is 0 Å². The number of hydrogen-bond acceptors (Lipinski definition) is 3. The molecule has 0 bridgehead atoms. The van der Waals surface area contributed by atoms with Crippen LogP contribution in [-0.2, 0) is 9.84 Å². The van der Waals surface area contributed by atoms with Crippen LogP contribution in [0, 0.1) is 25.1 Å². The van der Waals surface area contributed by atoms with Crippen molar-refractivity contribution in [3.8, 4) is 0 Å². The number of aryl methyl sites for hydroxylation is 2. The Hall–Kier alpha value is -1.43. The highest BCUT2D eigenvalue weighted by Gasteiger charge is 2.57. The summed E-state index contributed by atoms with van der Waals surface area (Å²) in [6.07, 6.45) is 0. The maximum atomic E-state index is 13.2. The van der Waals surface area contributed by atoms with Gasteiger partial charge in [-0.05, 0) is 37.1 Å². The quantitative estimate of drug-likeness (QED) is 0.785. The van der Waals surface area contributed by atoms with Crippen LogP contribution >= 0.6 is 0 Å². The van der Waals surface area contributed by atoms with Gasteiger partial charge in [0.05, 0.1) is 11.5 Å². The second kappa shape index (κ2) is 4.04. The molecule has 2 fully saturated rings. The molecule has 3 rings (SSSR count). The highest BCUT2D eigenvalue weighted by Crippen LogP contribution is 2.42. The number of amides is 1. The van der Waals surface area contributed by atoms with Gasteiger partial charge in [0.1, 0.15) is 5.82 Å². The summed E-state index contributed by atoms with van der Waals surface area (Å²) in [7, 11) is -2.87. The maximum Gasteiger partial charge on any atom is 0.254 e. The number of halogens is 1. The lowest BCUT2D eigenvalue weighted by Gasteiger charge is -2.54. The molecule has 1 aromatic rings. The van der Waals surface area contributed by atoms with E-state index in [2.05, 4.69) is 0 Å². The van der Waals surface area contributed by atoms with Gasteiger partial charge in [-0.2, -0.15) is 0 Å². The molecule has 1 aromatic carbocycles. The molecule has 108 valence electrons. The average Bonchev–Trinajstić information content (AvgIpc) is 2.19. The predicted octanol–water partition coefficient (Wildman–Crippen LogP) is 1.31. The van der Waals surface area contributed by atoms with Gasteiger partial charge in [-0.1, -0.05) is 0 Å². The van der Waals surface area contributed by atoms with Crippen LogP contribution in [0.1, 0.15) is 21.5 Å². The van der Waals surface area contributed by atoms with E-state index in [9.17, 15) is 17.6 Å². The van der Waals surface area contributed by atoms with Gasteiger partial charge in [-0.25, -0.2) is 12.8 Å². The summed E-state index contributed by atoms with van der Waals surface area (Å²) in [6.45, 7) is 4.40. The first-order valence-corrected chi connectivity index (χ1v) is 8.30. The van der Waals surface area contributed by atoms with Gasteiger partial charge in [0.15, 0.2) is 9.84 Å². The molecule has 0 N–H and O–H groups in total. The van der Waals surface area contributed by atoms with Crippen LogP contribution in [0.15, 0.2) is 12.1 Å². The minimum atomic E-state index is -2.87. The number of carbonyl (C=O) groups is 1. The Kier molecular flexibility index (Phi) is 2.73. The van der Waals surface area contributed by atoms with E-state index < -0.39 is 9.84 Å². The molecule has 2 aliphatic rings. The van der Waals surface area contributed by atoms with Gasteiger partial charge in [0.25, 0.3) is 5.91 Å². The highest BCUT2D eigenvalue weighted by molar-refractivity contribution is 7.92. The second-order valence-electron chi connectivity index (χ2n) is 6.11. The zero-order valence-electron chi connectivity index (χ0n) is 11.4. The zero-order chi connectivity index (χ0) is 14.7. The van der Waals surface area contributed by atoms with Crippen LogP contribution in [0.2, 0.25) is 0 Å². The Labute approximate surface area is 117 Å². The Morgan fingerprint density at radius 2 is 1.70 bits per heavy atom. The first-order chi connectivity index (χ1) is 9.21. The molecule has 20 heavy (non-hydrogen) atoms. The molecule has 1 spiro atoms. The van der Waals surface area contributed by atoms with E-state index in [1.807, 2.05) is 0 Å². The molecule has 0 aromatic heterocycles. The maximum absolute atomic E-state index is 13.2. The topological polar surface area (TPSA) is 54.5 Å². The van der Waals surface area contributed by atoms with Crippen molar-refractivity contribution in [2.75, 3.05) is 24.6 Å². The van der Waals surface area contributed by atoms with Crippen molar-refractivity contribution in [3.05, 3.63) is 34.6 Å². The van der Waals surface area contributed by atoms with Crippen molar-refractivity contribution in [2.45, 2.75) is 13.8 Å². The van der Waals surface area contributed by atoms with Crippen LogP contribution < -0.4 is 0 Å². The Bertz CT molecular complexity index is 668. The van der Waals surface area contributed by atoms with Gasteiger partial charge in [-0.3, -0.25) is 4.79 Å². The normalized spacial score (nSPS) is 22.2. The number of benzene rings is 1. The molecule has 0 radical (unpaired) electrons. The lowest BCUT2D eigenvalue weighted by molar-refractivity contribution is 0.0200. The standard InChI is InChI=1S/C14H16FNO3S/c1-9-3-11(15)4-10(2)12(9)13(17)16-5-14(6-16)7-20(18,19)8-14/h3-4H,5-8H2,1-2H3. The van der Waals surface area contributed by atoms with Crippen LogP contribution in [0.5, 0.6) is 0 Å². The van der Waals surface area contributed by atoms with Crippen LogP contribution in [0.4, 0.5) is 4.39 Å². The van der Waals surface area contributed by atoms with Gasteiger partial charge in [0.2, 0.25) is 0 Å². The molecule has 0 saturated carbocycles. The zero-order valence-corrected chi connectivity index (χ0v) is 12.3. The Balaban J connectivity index is 1.76. The minimum absolute atomic E-state index is 0.130. The number of likely N-dealkylation sites (tertiary alicyclic amines) is 1. The summed E-state index contributed by atoms with van der Waals surface area (Å²) in [5.74, 6) is -0.104. The summed E-state index contributed by atoms with van der Waals surface area (Å²) in [6, 6.07) is 2.70. The predicted molar refractivity (Wildman–Crippen MR) is 72.9 cm³/mol. The number of nitrogens with zero attached hydrogens (tertiary/aromatic N) is 1. The molecule has 4 nitrogen and oxygen atoms in total. The summed E-state index contributed by atoms with van der Waals surface area (Å²) in [4.78, 5) is 14.1. The van der Waals surface area contributed by atoms with Crippen molar-refractivity contribution in [1.82, 2.24) is 4.90 Å². The molecule has 2 heterocycles. The van der Waals surface area contributed by atoms with Gasteiger partial charge in [0, 0.05) is 24.1 Å². The lowest BCUT2D eigenvalue weighted by atomic mass is 9.82. The molecule has 0 atom stereocenters. The van der Waals surface area contributed by atoms with Crippen molar-refractivity contribution in [1.29, 1.82) is 0 Å². The van der Waals surface area contributed by atoms with Gasteiger partial charge in [-0.15, -0.1) is 0 Å². The highest BCUT2D eigenvalue weighted by atomic mass is 32.2. The lowest BCUT2D eigenvalue weighted by Crippen LogP contribution is -2.69. The fourth-order valence-corrected chi connectivity index (χ4v) is 5.53. The fraction of sp³-hybridized carbons (Fsp3) is 0.500.